The number of halogens is 2. The molecule has 1 aliphatic heterocycles. The lowest BCUT2D eigenvalue weighted by Crippen LogP contribution is -2.49. The van der Waals surface area contributed by atoms with Gasteiger partial charge in [-0.15, -0.1) is 0 Å². The molecule has 0 N–H and O–H groups in total. The third kappa shape index (κ3) is 5.06. The summed E-state index contributed by atoms with van der Waals surface area (Å²) in [6.45, 7) is 10.6. The summed E-state index contributed by atoms with van der Waals surface area (Å²) in [5.74, 6) is 0. The first-order valence-corrected chi connectivity index (χ1v) is 11.2. The van der Waals surface area contributed by atoms with Crippen LogP contribution in [-0.2, 0) is 6.42 Å². The molecule has 0 unspecified atom stereocenters. The average molecular weight is 461 g/mol. The van der Waals surface area contributed by atoms with Crippen molar-refractivity contribution in [3.05, 3.63) is 105 Å². The van der Waals surface area contributed by atoms with Crippen molar-refractivity contribution in [2.45, 2.75) is 12.5 Å². The molecular formula is C26H22Cl2N4. The van der Waals surface area contributed by atoms with E-state index in [0.717, 1.165) is 38.3 Å². The summed E-state index contributed by atoms with van der Waals surface area (Å²) in [5.41, 5.74) is 4.59. The van der Waals surface area contributed by atoms with Crippen LogP contribution in [0.4, 0.5) is 11.4 Å². The van der Waals surface area contributed by atoms with E-state index in [1.54, 1.807) is 6.07 Å². The summed E-state index contributed by atoms with van der Waals surface area (Å²) in [6, 6.07) is 23.6. The molecule has 4 rings (SSSR count). The maximum absolute atomic E-state index is 9.18. The van der Waals surface area contributed by atoms with Crippen LogP contribution in [0.25, 0.3) is 4.85 Å². The predicted octanol–water partition coefficient (Wildman–Crippen LogP) is 6.52. The average Bonchev–Trinajstić information content (AvgIpc) is 2.83. The summed E-state index contributed by atoms with van der Waals surface area (Å²) in [5, 5.41) is 10.5. The van der Waals surface area contributed by atoms with Crippen LogP contribution in [0.1, 0.15) is 22.7 Å². The lowest BCUT2D eigenvalue weighted by Gasteiger charge is -2.43. The van der Waals surface area contributed by atoms with Gasteiger partial charge in [-0.05, 0) is 47.9 Å². The molecule has 0 aliphatic carbocycles. The van der Waals surface area contributed by atoms with Crippen molar-refractivity contribution in [1.82, 2.24) is 4.90 Å². The zero-order chi connectivity index (χ0) is 22.5. The van der Waals surface area contributed by atoms with Crippen molar-refractivity contribution in [3.63, 3.8) is 0 Å². The van der Waals surface area contributed by atoms with Crippen LogP contribution in [0.3, 0.4) is 0 Å². The number of benzene rings is 3. The first-order chi connectivity index (χ1) is 15.6. The second-order valence-corrected chi connectivity index (χ2v) is 8.71. The van der Waals surface area contributed by atoms with Crippen molar-refractivity contribution >= 4 is 34.6 Å². The van der Waals surface area contributed by atoms with Crippen molar-refractivity contribution in [3.8, 4) is 6.07 Å². The highest BCUT2D eigenvalue weighted by molar-refractivity contribution is 6.33. The number of hydrogen-bond donors (Lipinski definition) is 0. The highest BCUT2D eigenvalue weighted by atomic mass is 35.5. The van der Waals surface area contributed by atoms with E-state index in [1.807, 2.05) is 48.5 Å². The molecule has 1 heterocycles. The van der Waals surface area contributed by atoms with Crippen LogP contribution in [-0.4, -0.2) is 31.1 Å². The Labute approximate surface area is 199 Å². The zero-order valence-electron chi connectivity index (χ0n) is 17.5. The molecule has 1 atom stereocenters. The van der Waals surface area contributed by atoms with E-state index in [0.29, 0.717) is 21.3 Å². The van der Waals surface area contributed by atoms with Crippen LogP contribution in [0.5, 0.6) is 0 Å². The van der Waals surface area contributed by atoms with Gasteiger partial charge in [0.2, 0.25) is 0 Å². The monoisotopic (exact) mass is 460 g/mol. The molecule has 160 valence electrons. The Morgan fingerprint density at radius 1 is 1.00 bits per heavy atom. The summed E-state index contributed by atoms with van der Waals surface area (Å²) in [4.78, 5) is 8.26. The molecule has 3 aromatic rings. The molecule has 4 nitrogen and oxygen atoms in total. The SMILES string of the molecule is [C-]#[N+]c1ccc(CCN2CCN(c3ccc(C#N)cc3Cl)[C@H](c3ccc(Cl)cc3)C2)cc1. The molecule has 3 aromatic carbocycles. The minimum atomic E-state index is 0.121. The zero-order valence-corrected chi connectivity index (χ0v) is 19.0. The third-order valence-corrected chi connectivity index (χ3v) is 6.44. The molecule has 1 fully saturated rings. The molecule has 0 aromatic heterocycles. The minimum Gasteiger partial charge on any atom is -0.361 e. The number of nitriles is 1. The Morgan fingerprint density at radius 2 is 1.75 bits per heavy atom. The van der Waals surface area contributed by atoms with E-state index in [-0.39, 0.29) is 6.04 Å². The molecule has 32 heavy (non-hydrogen) atoms. The van der Waals surface area contributed by atoms with Crippen molar-refractivity contribution in [2.24, 2.45) is 0 Å². The number of nitrogens with zero attached hydrogens (tertiary/aromatic N) is 4. The van der Waals surface area contributed by atoms with Gasteiger partial charge in [-0.2, -0.15) is 5.26 Å². The Balaban J connectivity index is 1.54. The standard InChI is InChI=1S/C26H22Cl2N4/c1-30-23-9-2-19(3-10-23)12-13-31-14-15-32(25-11-4-20(17-29)16-24(25)28)26(18-31)21-5-7-22(27)8-6-21/h2-11,16,26H,12-15,18H2/t26-/m0/s1. The second kappa shape index (κ2) is 10.1. The van der Waals surface area contributed by atoms with Crippen LogP contribution >= 0.6 is 23.2 Å². The van der Waals surface area contributed by atoms with Crippen molar-refractivity contribution in [1.29, 1.82) is 5.26 Å². The van der Waals surface area contributed by atoms with Gasteiger partial charge in [0.1, 0.15) is 0 Å². The van der Waals surface area contributed by atoms with Crippen LogP contribution < -0.4 is 4.90 Å². The maximum Gasteiger partial charge on any atom is 0.187 e. The fourth-order valence-electron chi connectivity index (χ4n) is 4.13. The van der Waals surface area contributed by atoms with Crippen LogP contribution in [0.2, 0.25) is 10.0 Å². The summed E-state index contributed by atoms with van der Waals surface area (Å²) in [7, 11) is 0. The van der Waals surface area contributed by atoms with Gasteiger partial charge in [-0.25, -0.2) is 4.85 Å². The summed E-state index contributed by atoms with van der Waals surface area (Å²) < 4.78 is 0. The van der Waals surface area contributed by atoms with Gasteiger partial charge in [0, 0.05) is 31.2 Å². The normalized spacial score (nSPS) is 16.4. The fourth-order valence-corrected chi connectivity index (χ4v) is 4.55. The van der Waals surface area contributed by atoms with E-state index in [9.17, 15) is 5.26 Å². The maximum atomic E-state index is 9.18. The van der Waals surface area contributed by atoms with E-state index in [2.05, 4.69) is 32.8 Å². The van der Waals surface area contributed by atoms with Crippen molar-refractivity contribution < 1.29 is 0 Å². The van der Waals surface area contributed by atoms with Gasteiger partial charge >= 0.3 is 0 Å². The fraction of sp³-hybridized carbons (Fsp3) is 0.231. The van der Waals surface area contributed by atoms with Gasteiger partial charge in [0.05, 0.1) is 35.0 Å². The van der Waals surface area contributed by atoms with Gasteiger partial charge in [-0.1, -0.05) is 59.6 Å². The van der Waals surface area contributed by atoms with Crippen LogP contribution in [0.15, 0.2) is 66.7 Å². The highest BCUT2D eigenvalue weighted by Crippen LogP contribution is 2.36. The van der Waals surface area contributed by atoms with E-state index >= 15 is 0 Å². The lowest BCUT2D eigenvalue weighted by molar-refractivity contribution is 0.226. The summed E-state index contributed by atoms with van der Waals surface area (Å²) in [6.07, 6.45) is 0.934. The van der Waals surface area contributed by atoms with E-state index in [1.165, 1.54) is 11.1 Å². The summed E-state index contributed by atoms with van der Waals surface area (Å²) >= 11 is 12.7. The second-order valence-electron chi connectivity index (χ2n) is 7.87. The predicted molar refractivity (Wildman–Crippen MR) is 131 cm³/mol. The molecule has 1 aliphatic rings. The first-order valence-electron chi connectivity index (χ1n) is 10.5. The molecule has 0 saturated carbocycles. The Hall–Kier alpha value is -3.02. The first kappa shape index (κ1) is 22.2. The molecular weight excluding hydrogens is 439 g/mol. The smallest absolute Gasteiger partial charge is 0.187 e. The third-order valence-electron chi connectivity index (χ3n) is 5.89. The van der Waals surface area contributed by atoms with Gasteiger partial charge < -0.3 is 4.90 Å². The Bertz CT molecular complexity index is 1160. The number of anilines is 1. The minimum absolute atomic E-state index is 0.121. The number of piperazine rings is 1. The molecule has 0 spiro atoms. The largest absolute Gasteiger partial charge is 0.361 e. The van der Waals surface area contributed by atoms with Gasteiger partial charge in [-0.3, -0.25) is 4.90 Å². The Kier molecular flexibility index (Phi) is 6.98. The van der Waals surface area contributed by atoms with Gasteiger partial charge in [0.25, 0.3) is 0 Å². The number of rotatable bonds is 5. The van der Waals surface area contributed by atoms with E-state index < -0.39 is 0 Å². The van der Waals surface area contributed by atoms with Gasteiger partial charge in [0.15, 0.2) is 5.69 Å². The van der Waals surface area contributed by atoms with E-state index in [4.69, 9.17) is 29.8 Å². The molecule has 0 radical (unpaired) electrons. The lowest BCUT2D eigenvalue weighted by atomic mass is 10.0. The number of hydrogen-bond acceptors (Lipinski definition) is 3. The molecule has 0 bridgehead atoms. The molecule has 0 amide bonds. The van der Waals surface area contributed by atoms with Crippen molar-refractivity contribution in [2.75, 3.05) is 31.1 Å². The quantitative estimate of drug-likeness (QED) is 0.406. The molecule has 1 saturated heterocycles. The topological polar surface area (TPSA) is 34.6 Å². The molecule has 6 heteroatoms. The Morgan fingerprint density at radius 3 is 2.41 bits per heavy atom. The van der Waals surface area contributed by atoms with Crippen LogP contribution in [0, 0.1) is 17.9 Å². The highest BCUT2D eigenvalue weighted by Gasteiger charge is 2.29.